The summed E-state index contributed by atoms with van der Waals surface area (Å²) in [5.41, 5.74) is 5.67. The zero-order valence-electron chi connectivity index (χ0n) is 33.7. The molecule has 5 aliphatic rings. The molecule has 2 aromatic carbocycles. The van der Waals surface area contributed by atoms with Crippen molar-refractivity contribution in [1.29, 1.82) is 0 Å². The van der Waals surface area contributed by atoms with Crippen molar-refractivity contribution >= 4 is 35.3 Å². The van der Waals surface area contributed by atoms with Crippen molar-refractivity contribution in [2.45, 2.75) is 44.8 Å². The SMILES string of the molecule is COc1cc(-c2cn(C)c(=O)c3c2CCN(C(=O)NCCN2CC4(CCN(c5ccc6c(c5)C(=O)N(C5CCC(=O)NC5=O)C6=O)C4)C2)C3)cc(OC)c1CN(C)C. The van der Waals surface area contributed by atoms with E-state index in [1.54, 1.807) is 42.9 Å². The van der Waals surface area contributed by atoms with Gasteiger partial charge in [0.05, 0.1) is 37.5 Å². The number of fused-ring (bicyclic) bond motifs is 2. The highest BCUT2D eigenvalue weighted by molar-refractivity contribution is 6.23. The molecule has 1 atom stereocenters. The highest BCUT2D eigenvalue weighted by Gasteiger charge is 2.48. The summed E-state index contributed by atoms with van der Waals surface area (Å²) in [5.74, 6) is -0.633. The largest absolute Gasteiger partial charge is 0.496 e. The molecule has 306 valence electrons. The number of rotatable bonds is 10. The molecule has 0 saturated carbocycles. The number of hydrogen-bond acceptors (Lipinski definition) is 11. The first-order chi connectivity index (χ1) is 27.8. The van der Waals surface area contributed by atoms with E-state index in [0.717, 1.165) is 65.4 Å². The molecule has 3 aromatic rings. The van der Waals surface area contributed by atoms with Gasteiger partial charge in [-0.25, -0.2) is 4.79 Å². The number of nitrogens with zero attached hydrogens (tertiary/aromatic N) is 6. The number of pyridine rings is 1. The second-order valence-corrected chi connectivity index (χ2v) is 16.5. The number of carbonyl (C=O) groups is 5. The van der Waals surface area contributed by atoms with Crippen LogP contribution < -0.4 is 30.6 Å². The lowest BCUT2D eigenvalue weighted by Crippen LogP contribution is -2.59. The molecule has 0 radical (unpaired) electrons. The van der Waals surface area contributed by atoms with E-state index in [1.165, 1.54) is 0 Å². The number of amides is 6. The van der Waals surface area contributed by atoms with Crippen molar-refractivity contribution in [3.05, 3.63) is 74.7 Å². The molecule has 1 spiro atoms. The average molecular weight is 795 g/mol. The molecule has 0 aliphatic carbocycles. The number of likely N-dealkylation sites (tertiary alicyclic amines) is 1. The van der Waals surface area contributed by atoms with Crippen LogP contribution in [0.15, 0.2) is 41.3 Å². The number of methoxy groups -OCH3 is 2. The Kier molecular flexibility index (Phi) is 10.3. The van der Waals surface area contributed by atoms with Crippen LogP contribution in [0.25, 0.3) is 11.1 Å². The quantitative estimate of drug-likeness (QED) is 0.288. The highest BCUT2D eigenvalue weighted by atomic mass is 16.5. The van der Waals surface area contributed by atoms with E-state index in [1.807, 2.05) is 43.4 Å². The normalized spacial score (nSPS) is 20.0. The van der Waals surface area contributed by atoms with E-state index in [0.29, 0.717) is 49.7 Å². The smallest absolute Gasteiger partial charge is 0.317 e. The third kappa shape index (κ3) is 6.97. The first-order valence-electron chi connectivity index (χ1n) is 19.8. The number of anilines is 1. The lowest BCUT2D eigenvalue weighted by Gasteiger charge is -2.48. The topological polar surface area (TPSA) is 166 Å². The number of piperidine rings is 1. The van der Waals surface area contributed by atoms with Crippen molar-refractivity contribution in [3.8, 4) is 22.6 Å². The van der Waals surface area contributed by atoms with Gasteiger partial charge < -0.3 is 39.0 Å². The first-order valence-corrected chi connectivity index (χ1v) is 19.8. The first kappa shape index (κ1) is 39.1. The van der Waals surface area contributed by atoms with Gasteiger partial charge in [0, 0.05) is 94.3 Å². The molecular weight excluding hydrogens is 745 g/mol. The summed E-state index contributed by atoms with van der Waals surface area (Å²) in [7, 11) is 8.99. The molecule has 1 unspecified atom stereocenters. The number of nitrogens with one attached hydrogen (secondary N) is 2. The van der Waals surface area contributed by atoms with Gasteiger partial charge in [-0.3, -0.25) is 34.2 Å². The number of aryl methyl sites for hydroxylation is 1. The maximum atomic E-state index is 13.4. The number of benzene rings is 2. The molecule has 3 saturated heterocycles. The Bertz CT molecular complexity index is 2260. The van der Waals surface area contributed by atoms with Gasteiger partial charge in [0.1, 0.15) is 17.5 Å². The van der Waals surface area contributed by atoms with Gasteiger partial charge in [-0.15, -0.1) is 0 Å². The fraction of sp³-hybridized carbons (Fsp3) is 0.476. The number of urea groups is 1. The molecular formula is C42H50N8O8. The van der Waals surface area contributed by atoms with E-state index in [4.69, 9.17) is 9.47 Å². The Hall–Kier alpha value is -5.74. The summed E-state index contributed by atoms with van der Waals surface area (Å²) in [6.07, 6.45) is 3.57. The molecule has 6 amide bonds. The average Bonchev–Trinajstić information content (AvgIpc) is 3.74. The van der Waals surface area contributed by atoms with Crippen molar-refractivity contribution in [2.24, 2.45) is 12.5 Å². The van der Waals surface area contributed by atoms with E-state index in [-0.39, 0.29) is 47.5 Å². The maximum absolute atomic E-state index is 13.4. The van der Waals surface area contributed by atoms with Gasteiger partial charge in [0.15, 0.2) is 0 Å². The fourth-order valence-corrected chi connectivity index (χ4v) is 9.40. The van der Waals surface area contributed by atoms with Crippen LogP contribution in [0, 0.1) is 5.41 Å². The fourth-order valence-electron chi connectivity index (χ4n) is 9.40. The van der Waals surface area contributed by atoms with Crippen LogP contribution >= 0.6 is 0 Å². The van der Waals surface area contributed by atoms with Crippen LogP contribution in [0.1, 0.15) is 56.7 Å². The van der Waals surface area contributed by atoms with Crippen LogP contribution in [0.2, 0.25) is 0 Å². The molecule has 8 rings (SSSR count). The van der Waals surface area contributed by atoms with Crippen LogP contribution in [0.4, 0.5) is 10.5 Å². The minimum Gasteiger partial charge on any atom is -0.496 e. The summed E-state index contributed by atoms with van der Waals surface area (Å²) in [4.78, 5) is 86.8. The third-order valence-corrected chi connectivity index (χ3v) is 12.3. The zero-order valence-corrected chi connectivity index (χ0v) is 33.7. The van der Waals surface area contributed by atoms with Crippen molar-refractivity contribution in [2.75, 3.05) is 79.0 Å². The Morgan fingerprint density at radius 1 is 0.914 bits per heavy atom. The molecule has 6 heterocycles. The highest BCUT2D eigenvalue weighted by Crippen LogP contribution is 2.42. The minimum absolute atomic E-state index is 0.0762. The Labute approximate surface area is 336 Å². The Morgan fingerprint density at radius 3 is 2.33 bits per heavy atom. The Morgan fingerprint density at radius 2 is 1.64 bits per heavy atom. The van der Waals surface area contributed by atoms with Crippen molar-refractivity contribution in [1.82, 2.24) is 34.8 Å². The molecule has 16 heteroatoms. The van der Waals surface area contributed by atoms with Crippen LogP contribution in [-0.2, 0) is 36.1 Å². The van der Waals surface area contributed by atoms with Crippen molar-refractivity contribution in [3.63, 3.8) is 0 Å². The predicted octanol–water partition coefficient (Wildman–Crippen LogP) is 1.81. The molecule has 0 bridgehead atoms. The molecule has 3 fully saturated rings. The van der Waals surface area contributed by atoms with Gasteiger partial charge in [0.2, 0.25) is 11.8 Å². The van der Waals surface area contributed by atoms with Gasteiger partial charge in [-0.1, -0.05) is 0 Å². The molecule has 16 nitrogen and oxygen atoms in total. The van der Waals surface area contributed by atoms with E-state index in [2.05, 4.69) is 20.4 Å². The zero-order chi connectivity index (χ0) is 41.0. The number of hydrogen-bond donors (Lipinski definition) is 2. The number of aromatic nitrogens is 1. The number of imide groups is 2. The lowest BCUT2D eigenvalue weighted by atomic mass is 9.79. The summed E-state index contributed by atoms with van der Waals surface area (Å²) >= 11 is 0. The van der Waals surface area contributed by atoms with Crippen LogP contribution in [-0.4, -0.2) is 134 Å². The molecule has 58 heavy (non-hydrogen) atoms. The van der Waals surface area contributed by atoms with Crippen LogP contribution in [0.3, 0.4) is 0 Å². The molecule has 2 N–H and O–H groups in total. The maximum Gasteiger partial charge on any atom is 0.317 e. The standard InChI is InChI=1S/C42H50N8O8/c1-45(2)19-32-34(57-4)16-25(17-35(32)58-5)30-20-46(3)38(53)31-21-48(13-10-27(30)31)41(56)43-12-15-47-22-42(23-47)11-14-49(24-42)26-6-7-28-29(18-26)40(55)50(39(28)54)33-8-9-36(51)44-37(33)52/h6-7,16-18,20,33H,8-15,19,21-24H2,1-5H3,(H,43,56)(H,44,51,52). The monoisotopic (exact) mass is 794 g/mol. The summed E-state index contributed by atoms with van der Waals surface area (Å²) < 4.78 is 13.1. The van der Waals surface area contributed by atoms with E-state index >= 15 is 0 Å². The van der Waals surface area contributed by atoms with Gasteiger partial charge in [-0.2, -0.15) is 0 Å². The molecule has 1 aromatic heterocycles. The molecule has 5 aliphatic heterocycles. The summed E-state index contributed by atoms with van der Waals surface area (Å²) in [5, 5.41) is 5.31. The van der Waals surface area contributed by atoms with Gasteiger partial charge in [0.25, 0.3) is 17.4 Å². The number of ether oxygens (including phenoxy) is 2. The predicted molar refractivity (Wildman–Crippen MR) is 214 cm³/mol. The van der Waals surface area contributed by atoms with E-state index in [9.17, 15) is 28.8 Å². The van der Waals surface area contributed by atoms with Crippen molar-refractivity contribution < 1.29 is 33.4 Å². The summed E-state index contributed by atoms with van der Waals surface area (Å²) in [6, 6.07) is 8.05. The van der Waals surface area contributed by atoms with Crippen LogP contribution in [0.5, 0.6) is 11.5 Å². The van der Waals surface area contributed by atoms with Gasteiger partial charge >= 0.3 is 6.03 Å². The number of carbonyl (C=O) groups excluding carboxylic acids is 5. The lowest BCUT2D eigenvalue weighted by molar-refractivity contribution is -0.136. The minimum atomic E-state index is -0.994. The Balaban J connectivity index is 0.852. The van der Waals surface area contributed by atoms with Gasteiger partial charge in [-0.05, 0) is 74.8 Å². The third-order valence-electron chi connectivity index (χ3n) is 12.3. The second kappa shape index (κ2) is 15.2. The second-order valence-electron chi connectivity index (χ2n) is 16.5. The summed E-state index contributed by atoms with van der Waals surface area (Å²) in [6.45, 7) is 5.88. The van der Waals surface area contributed by atoms with E-state index < -0.39 is 29.7 Å².